The summed E-state index contributed by atoms with van der Waals surface area (Å²) in [5.74, 6) is -0.0302. The van der Waals surface area contributed by atoms with Crippen LogP contribution in [0.5, 0.6) is 5.75 Å². The molecule has 0 fully saturated rings. The van der Waals surface area contributed by atoms with E-state index in [2.05, 4.69) is 10.9 Å². The van der Waals surface area contributed by atoms with Crippen LogP contribution < -0.4 is 15.6 Å². The van der Waals surface area contributed by atoms with Crippen molar-refractivity contribution < 1.29 is 14.3 Å². The number of hydrogen-bond acceptors (Lipinski definition) is 3. The number of hydrogen-bond donors (Lipinski definition) is 2. The largest absolute Gasteiger partial charge is 0.481 e. The van der Waals surface area contributed by atoms with Gasteiger partial charge in [0.05, 0.1) is 6.42 Å². The molecule has 126 valence electrons. The first-order chi connectivity index (χ1) is 11.6. The predicted molar refractivity (Wildman–Crippen MR) is 92.3 cm³/mol. The van der Waals surface area contributed by atoms with Crippen molar-refractivity contribution in [2.75, 3.05) is 0 Å². The van der Waals surface area contributed by atoms with E-state index in [1.807, 2.05) is 68.4 Å². The smallest absolute Gasteiger partial charge is 0.279 e. The predicted octanol–water partition coefficient (Wildman–Crippen LogP) is 2.54. The number of hydrazine groups is 1. The molecule has 2 N–H and O–H groups in total. The quantitative estimate of drug-likeness (QED) is 0.802. The average Bonchev–Trinajstić information content (AvgIpc) is 2.60. The highest BCUT2D eigenvalue weighted by Gasteiger charge is 2.18. The van der Waals surface area contributed by atoms with E-state index >= 15 is 0 Å². The van der Waals surface area contributed by atoms with E-state index in [0.717, 1.165) is 11.1 Å². The monoisotopic (exact) mass is 326 g/mol. The second kappa shape index (κ2) is 8.72. The summed E-state index contributed by atoms with van der Waals surface area (Å²) in [4.78, 5) is 24.0. The normalized spacial score (nSPS) is 11.4. The number of aryl methyl sites for hydroxylation is 1. The van der Waals surface area contributed by atoms with Gasteiger partial charge in [-0.1, -0.05) is 55.0 Å². The lowest BCUT2D eigenvalue weighted by atomic mass is 10.1. The van der Waals surface area contributed by atoms with Gasteiger partial charge in [0, 0.05) is 0 Å². The van der Waals surface area contributed by atoms with Crippen LogP contribution >= 0.6 is 0 Å². The number of carbonyl (C=O) groups is 2. The van der Waals surface area contributed by atoms with Gasteiger partial charge in [-0.2, -0.15) is 0 Å². The molecule has 5 nitrogen and oxygen atoms in total. The van der Waals surface area contributed by atoms with E-state index in [9.17, 15) is 9.59 Å². The molecule has 1 unspecified atom stereocenters. The van der Waals surface area contributed by atoms with Gasteiger partial charge in [-0.3, -0.25) is 20.4 Å². The Balaban J connectivity index is 1.83. The standard InChI is InChI=1S/C19H22N2O3/c1-3-17(24-16-11-9-14(2)10-12-16)19(23)21-20-18(22)13-15-7-5-4-6-8-15/h4-12,17H,3,13H2,1-2H3,(H,20,22)(H,21,23). The summed E-state index contributed by atoms with van der Waals surface area (Å²) in [6.07, 6.45) is 0.0371. The molecule has 0 aliphatic heterocycles. The molecule has 0 aliphatic carbocycles. The van der Waals surface area contributed by atoms with Crippen molar-refractivity contribution in [2.24, 2.45) is 0 Å². The molecule has 24 heavy (non-hydrogen) atoms. The van der Waals surface area contributed by atoms with Gasteiger partial charge in [-0.25, -0.2) is 0 Å². The Hall–Kier alpha value is -2.82. The summed E-state index contributed by atoms with van der Waals surface area (Å²) in [6, 6.07) is 16.8. The van der Waals surface area contributed by atoms with Crippen molar-refractivity contribution in [3.8, 4) is 5.75 Å². The van der Waals surface area contributed by atoms with E-state index in [1.54, 1.807) is 0 Å². The van der Waals surface area contributed by atoms with E-state index in [0.29, 0.717) is 12.2 Å². The van der Waals surface area contributed by atoms with Crippen LogP contribution in [0.3, 0.4) is 0 Å². The number of ether oxygens (including phenoxy) is 1. The number of nitrogens with one attached hydrogen (secondary N) is 2. The molecule has 2 aromatic rings. The highest BCUT2D eigenvalue weighted by atomic mass is 16.5. The molecule has 0 aromatic heterocycles. The zero-order valence-corrected chi connectivity index (χ0v) is 13.9. The Kier molecular flexibility index (Phi) is 6.37. The summed E-state index contributed by atoms with van der Waals surface area (Å²) in [6.45, 7) is 3.83. The molecule has 0 saturated heterocycles. The van der Waals surface area contributed by atoms with Crippen LogP contribution in [0.2, 0.25) is 0 Å². The fraction of sp³-hybridized carbons (Fsp3) is 0.263. The Labute approximate surface area is 142 Å². The van der Waals surface area contributed by atoms with Crippen molar-refractivity contribution in [3.63, 3.8) is 0 Å². The number of rotatable bonds is 6. The number of carbonyl (C=O) groups excluding carboxylic acids is 2. The van der Waals surface area contributed by atoms with Gasteiger partial charge in [0.2, 0.25) is 5.91 Å². The molecular weight excluding hydrogens is 304 g/mol. The molecule has 1 atom stereocenters. The minimum absolute atomic E-state index is 0.205. The topological polar surface area (TPSA) is 67.4 Å². The second-order valence-corrected chi connectivity index (χ2v) is 5.53. The van der Waals surface area contributed by atoms with Crippen molar-refractivity contribution >= 4 is 11.8 Å². The molecular formula is C19H22N2O3. The molecule has 2 amide bonds. The first-order valence-corrected chi connectivity index (χ1v) is 7.94. The van der Waals surface area contributed by atoms with Gasteiger partial charge in [-0.05, 0) is 31.0 Å². The van der Waals surface area contributed by atoms with Gasteiger partial charge in [0.1, 0.15) is 5.75 Å². The van der Waals surface area contributed by atoms with E-state index in [4.69, 9.17) is 4.74 Å². The van der Waals surface area contributed by atoms with E-state index < -0.39 is 6.10 Å². The van der Waals surface area contributed by atoms with E-state index in [1.165, 1.54) is 0 Å². The lowest BCUT2D eigenvalue weighted by Crippen LogP contribution is -2.48. The molecule has 0 bridgehead atoms. The highest BCUT2D eigenvalue weighted by Crippen LogP contribution is 2.14. The van der Waals surface area contributed by atoms with Crippen LogP contribution in [-0.2, 0) is 16.0 Å². The SMILES string of the molecule is CCC(Oc1ccc(C)cc1)C(=O)NNC(=O)Cc1ccccc1. The fourth-order valence-electron chi connectivity index (χ4n) is 2.14. The van der Waals surface area contributed by atoms with Gasteiger partial charge in [0.15, 0.2) is 6.10 Å². The van der Waals surface area contributed by atoms with Gasteiger partial charge >= 0.3 is 0 Å². The Morgan fingerprint density at radius 3 is 2.29 bits per heavy atom. The van der Waals surface area contributed by atoms with Gasteiger partial charge in [-0.15, -0.1) is 0 Å². The average molecular weight is 326 g/mol. The molecule has 0 radical (unpaired) electrons. The maximum absolute atomic E-state index is 12.2. The zero-order valence-electron chi connectivity index (χ0n) is 13.9. The van der Waals surface area contributed by atoms with Crippen LogP contribution in [0.15, 0.2) is 54.6 Å². The Morgan fingerprint density at radius 1 is 1.00 bits per heavy atom. The van der Waals surface area contributed by atoms with Crippen molar-refractivity contribution in [1.82, 2.24) is 10.9 Å². The van der Waals surface area contributed by atoms with Crippen LogP contribution in [0.1, 0.15) is 24.5 Å². The van der Waals surface area contributed by atoms with Gasteiger partial charge in [0.25, 0.3) is 5.91 Å². The maximum Gasteiger partial charge on any atom is 0.279 e. The maximum atomic E-state index is 12.2. The fourth-order valence-corrected chi connectivity index (χ4v) is 2.14. The first-order valence-electron chi connectivity index (χ1n) is 7.94. The van der Waals surface area contributed by atoms with E-state index in [-0.39, 0.29) is 18.2 Å². The van der Waals surface area contributed by atoms with Crippen LogP contribution in [-0.4, -0.2) is 17.9 Å². The van der Waals surface area contributed by atoms with Crippen molar-refractivity contribution in [1.29, 1.82) is 0 Å². The molecule has 0 saturated carbocycles. The third kappa shape index (κ3) is 5.43. The molecule has 0 aliphatic rings. The summed E-state index contributed by atoms with van der Waals surface area (Å²) in [7, 11) is 0. The molecule has 0 spiro atoms. The Bertz CT molecular complexity index is 669. The molecule has 2 aromatic carbocycles. The molecule has 2 rings (SSSR count). The Morgan fingerprint density at radius 2 is 1.67 bits per heavy atom. The third-order valence-corrected chi connectivity index (χ3v) is 3.50. The summed E-state index contributed by atoms with van der Waals surface area (Å²) < 4.78 is 5.67. The van der Waals surface area contributed by atoms with Crippen LogP contribution in [0, 0.1) is 6.92 Å². The summed E-state index contributed by atoms with van der Waals surface area (Å²) in [5.41, 5.74) is 6.84. The highest BCUT2D eigenvalue weighted by molar-refractivity contribution is 5.85. The van der Waals surface area contributed by atoms with Crippen molar-refractivity contribution in [3.05, 3.63) is 65.7 Å². The molecule has 5 heteroatoms. The first kappa shape index (κ1) is 17.5. The minimum atomic E-state index is -0.662. The summed E-state index contributed by atoms with van der Waals surface area (Å²) in [5, 5.41) is 0. The van der Waals surface area contributed by atoms with Crippen LogP contribution in [0.4, 0.5) is 0 Å². The van der Waals surface area contributed by atoms with Crippen LogP contribution in [0.25, 0.3) is 0 Å². The lowest BCUT2D eigenvalue weighted by Gasteiger charge is -2.17. The number of amides is 2. The minimum Gasteiger partial charge on any atom is -0.481 e. The zero-order chi connectivity index (χ0) is 17.4. The molecule has 0 heterocycles. The van der Waals surface area contributed by atoms with Crippen molar-refractivity contribution in [2.45, 2.75) is 32.8 Å². The third-order valence-electron chi connectivity index (χ3n) is 3.50. The summed E-state index contributed by atoms with van der Waals surface area (Å²) >= 11 is 0. The van der Waals surface area contributed by atoms with Gasteiger partial charge < -0.3 is 4.74 Å². The second-order valence-electron chi connectivity index (χ2n) is 5.53. The number of benzene rings is 2. The lowest BCUT2D eigenvalue weighted by molar-refractivity contribution is -0.133.